The van der Waals surface area contributed by atoms with Gasteiger partial charge in [0, 0.05) is 19.1 Å². The first-order chi connectivity index (χ1) is 7.09. The molecule has 0 N–H and O–H groups in total. The third-order valence-electron chi connectivity index (χ3n) is 3.22. The summed E-state index contributed by atoms with van der Waals surface area (Å²) < 4.78 is 12.5. The molecule has 0 spiro atoms. The van der Waals surface area contributed by atoms with Crippen LogP contribution in [0.4, 0.5) is 4.39 Å². The normalized spacial score (nSPS) is 28.2. The third kappa shape index (κ3) is 4.94. The van der Waals surface area contributed by atoms with Crippen LogP contribution in [0, 0.1) is 0 Å². The van der Waals surface area contributed by atoms with Gasteiger partial charge in [0.2, 0.25) is 0 Å². The Labute approximate surface area is 93.4 Å². The molecule has 2 nitrogen and oxygen atoms in total. The minimum Gasteiger partial charge on any atom is -0.306 e. The van der Waals surface area contributed by atoms with Crippen molar-refractivity contribution in [1.82, 2.24) is 9.80 Å². The van der Waals surface area contributed by atoms with Crippen molar-refractivity contribution in [3.63, 3.8) is 0 Å². The van der Waals surface area contributed by atoms with E-state index in [-0.39, 0.29) is 0 Å². The Morgan fingerprint density at radius 3 is 1.93 bits per heavy atom. The van der Waals surface area contributed by atoms with Crippen LogP contribution in [-0.4, -0.2) is 55.2 Å². The van der Waals surface area contributed by atoms with Gasteiger partial charge in [-0.15, -0.1) is 0 Å². The highest BCUT2D eigenvalue weighted by atomic mass is 19.1. The first-order valence-electron chi connectivity index (χ1n) is 6.16. The molecule has 0 bridgehead atoms. The van der Waals surface area contributed by atoms with Crippen LogP contribution < -0.4 is 0 Å². The van der Waals surface area contributed by atoms with Gasteiger partial charge >= 0.3 is 0 Å². The predicted octanol–water partition coefficient (Wildman–Crippen LogP) is 2.15. The van der Waals surface area contributed by atoms with E-state index in [4.69, 9.17) is 0 Å². The average Bonchev–Trinajstić information content (AvgIpc) is 2.77. The van der Waals surface area contributed by atoms with Gasteiger partial charge in [-0.3, -0.25) is 4.90 Å². The zero-order chi connectivity index (χ0) is 11.3. The van der Waals surface area contributed by atoms with Crippen LogP contribution in [0.2, 0.25) is 0 Å². The van der Waals surface area contributed by atoms with Crippen LogP contribution in [0.1, 0.15) is 33.1 Å². The molecule has 2 heterocycles. The number of halogens is 1. The number of nitrogens with zero attached hydrogens (tertiary/aromatic N) is 2. The molecule has 0 radical (unpaired) electrons. The highest BCUT2D eigenvalue weighted by Crippen LogP contribution is 2.14. The molecule has 2 aliphatic heterocycles. The number of alkyl halides is 1. The van der Waals surface area contributed by atoms with Crippen LogP contribution in [-0.2, 0) is 0 Å². The van der Waals surface area contributed by atoms with Crippen LogP contribution in [0.3, 0.4) is 0 Å². The molecule has 2 aliphatic rings. The van der Waals surface area contributed by atoms with Crippen molar-refractivity contribution < 1.29 is 4.39 Å². The molecule has 0 aromatic carbocycles. The van der Waals surface area contributed by atoms with Gasteiger partial charge in [-0.1, -0.05) is 0 Å². The third-order valence-corrected chi connectivity index (χ3v) is 3.22. The highest BCUT2D eigenvalue weighted by Gasteiger charge is 2.22. The van der Waals surface area contributed by atoms with Crippen LogP contribution in [0.5, 0.6) is 0 Å². The standard InChI is InChI=1S/C7H14FN.C5H11N/c1-6(2)9-4-3-7(8)5-9;1-6-4-2-3-5-6/h6-7H,3-5H2,1-2H3;2-5H2,1H3. The molecule has 0 aliphatic carbocycles. The van der Waals surface area contributed by atoms with E-state index >= 15 is 0 Å². The average molecular weight is 216 g/mol. The Morgan fingerprint density at radius 1 is 1.13 bits per heavy atom. The van der Waals surface area contributed by atoms with Crippen molar-refractivity contribution in [3.05, 3.63) is 0 Å². The highest BCUT2D eigenvalue weighted by molar-refractivity contribution is 4.76. The molecule has 3 heteroatoms. The molecular formula is C12H25FN2. The van der Waals surface area contributed by atoms with Crippen LogP contribution in [0.25, 0.3) is 0 Å². The quantitative estimate of drug-likeness (QED) is 0.662. The summed E-state index contributed by atoms with van der Waals surface area (Å²) in [4.78, 5) is 4.53. The summed E-state index contributed by atoms with van der Waals surface area (Å²) in [6, 6.07) is 0.519. The summed E-state index contributed by atoms with van der Waals surface area (Å²) >= 11 is 0. The molecule has 0 aromatic rings. The minimum absolute atomic E-state index is 0.519. The number of hydrogen-bond acceptors (Lipinski definition) is 2. The molecule has 0 aromatic heterocycles. The van der Waals surface area contributed by atoms with Gasteiger partial charge in [0.05, 0.1) is 0 Å². The molecule has 2 saturated heterocycles. The van der Waals surface area contributed by atoms with Gasteiger partial charge in [0.25, 0.3) is 0 Å². The summed E-state index contributed by atoms with van der Waals surface area (Å²) in [5, 5.41) is 0. The maximum atomic E-state index is 12.5. The Kier molecular flexibility index (Phi) is 5.54. The first kappa shape index (κ1) is 12.9. The summed E-state index contributed by atoms with van der Waals surface area (Å²) in [6.07, 6.45) is 3.00. The molecule has 0 amide bonds. The van der Waals surface area contributed by atoms with Gasteiger partial charge in [0.15, 0.2) is 0 Å². The molecule has 90 valence electrons. The van der Waals surface area contributed by atoms with E-state index in [2.05, 4.69) is 30.7 Å². The molecule has 2 rings (SSSR count). The maximum Gasteiger partial charge on any atom is 0.114 e. The number of likely N-dealkylation sites (tertiary alicyclic amines) is 2. The lowest BCUT2D eigenvalue weighted by Gasteiger charge is -2.18. The zero-order valence-corrected chi connectivity index (χ0v) is 10.4. The molecule has 15 heavy (non-hydrogen) atoms. The van der Waals surface area contributed by atoms with Crippen LogP contribution in [0.15, 0.2) is 0 Å². The minimum atomic E-state index is -0.563. The van der Waals surface area contributed by atoms with Crippen molar-refractivity contribution in [2.75, 3.05) is 33.2 Å². The van der Waals surface area contributed by atoms with Gasteiger partial charge in [-0.2, -0.15) is 0 Å². The fourth-order valence-electron chi connectivity index (χ4n) is 2.09. The lowest BCUT2D eigenvalue weighted by atomic mass is 10.3. The smallest absolute Gasteiger partial charge is 0.114 e. The number of rotatable bonds is 1. The fraction of sp³-hybridized carbons (Fsp3) is 1.00. The maximum absolute atomic E-state index is 12.5. The molecule has 2 fully saturated rings. The van der Waals surface area contributed by atoms with E-state index in [0.29, 0.717) is 12.6 Å². The lowest BCUT2D eigenvalue weighted by molar-refractivity contribution is 0.246. The van der Waals surface area contributed by atoms with E-state index in [1.807, 2.05) is 0 Å². The summed E-state index contributed by atoms with van der Waals surface area (Å²) in [5.74, 6) is 0. The van der Waals surface area contributed by atoms with E-state index in [0.717, 1.165) is 13.0 Å². The molecule has 1 atom stereocenters. The van der Waals surface area contributed by atoms with Crippen molar-refractivity contribution in [1.29, 1.82) is 0 Å². The Balaban J connectivity index is 0.000000162. The van der Waals surface area contributed by atoms with Crippen molar-refractivity contribution in [3.8, 4) is 0 Å². The number of hydrogen-bond donors (Lipinski definition) is 0. The van der Waals surface area contributed by atoms with E-state index in [1.54, 1.807) is 0 Å². The van der Waals surface area contributed by atoms with E-state index in [9.17, 15) is 4.39 Å². The largest absolute Gasteiger partial charge is 0.306 e. The summed E-state index contributed by atoms with van der Waals surface area (Å²) in [5.41, 5.74) is 0. The van der Waals surface area contributed by atoms with E-state index < -0.39 is 6.17 Å². The lowest BCUT2D eigenvalue weighted by Crippen LogP contribution is -2.28. The van der Waals surface area contributed by atoms with Crippen molar-refractivity contribution in [2.45, 2.75) is 45.3 Å². The first-order valence-corrected chi connectivity index (χ1v) is 6.16. The molecular weight excluding hydrogens is 191 g/mol. The Morgan fingerprint density at radius 2 is 1.73 bits per heavy atom. The topological polar surface area (TPSA) is 6.48 Å². The Bertz CT molecular complexity index is 167. The van der Waals surface area contributed by atoms with E-state index in [1.165, 1.54) is 25.9 Å². The van der Waals surface area contributed by atoms with Gasteiger partial charge < -0.3 is 4.90 Å². The molecule has 1 unspecified atom stereocenters. The van der Waals surface area contributed by atoms with Crippen molar-refractivity contribution >= 4 is 0 Å². The fourth-order valence-corrected chi connectivity index (χ4v) is 2.09. The second kappa shape index (κ2) is 6.44. The van der Waals surface area contributed by atoms with Gasteiger partial charge in [-0.05, 0) is 53.2 Å². The monoisotopic (exact) mass is 216 g/mol. The van der Waals surface area contributed by atoms with Crippen molar-refractivity contribution in [2.24, 2.45) is 0 Å². The Hall–Kier alpha value is -0.150. The molecule has 0 saturated carbocycles. The SMILES string of the molecule is CC(C)N1CCC(F)C1.CN1CCCC1. The summed E-state index contributed by atoms with van der Waals surface area (Å²) in [6.45, 7) is 8.45. The van der Waals surface area contributed by atoms with Gasteiger partial charge in [0.1, 0.15) is 6.17 Å². The zero-order valence-electron chi connectivity index (χ0n) is 10.4. The second-order valence-corrected chi connectivity index (χ2v) is 4.99. The summed E-state index contributed by atoms with van der Waals surface area (Å²) in [7, 11) is 2.17. The van der Waals surface area contributed by atoms with Gasteiger partial charge in [-0.25, -0.2) is 4.39 Å². The van der Waals surface area contributed by atoms with Crippen LogP contribution >= 0.6 is 0 Å². The predicted molar refractivity (Wildman–Crippen MR) is 63.0 cm³/mol. The second-order valence-electron chi connectivity index (χ2n) is 4.99.